The van der Waals surface area contributed by atoms with Gasteiger partial charge in [0.1, 0.15) is 0 Å². The normalized spacial score (nSPS) is 22.6. The van der Waals surface area contributed by atoms with Crippen molar-refractivity contribution >= 4 is 0 Å². The number of hydrogen-bond acceptors (Lipinski definition) is 2. The molecule has 2 rings (SSSR count). The van der Waals surface area contributed by atoms with Crippen LogP contribution in [0.15, 0.2) is 0 Å². The molecule has 2 heteroatoms. The van der Waals surface area contributed by atoms with E-state index >= 15 is 0 Å². The third-order valence-corrected chi connectivity index (χ3v) is 3.12. The Morgan fingerprint density at radius 2 is 1.92 bits per heavy atom. The number of rotatable bonds is 7. The fourth-order valence-corrected chi connectivity index (χ4v) is 1.78. The average molecular weight is 182 g/mol. The lowest BCUT2D eigenvalue weighted by Crippen LogP contribution is -2.23. The van der Waals surface area contributed by atoms with E-state index in [1.807, 2.05) is 0 Å². The van der Waals surface area contributed by atoms with Crippen LogP contribution in [-0.2, 0) is 0 Å². The fraction of sp³-hybridized carbons (Fsp3) is 1.00. The highest BCUT2D eigenvalue weighted by Gasteiger charge is 2.25. The van der Waals surface area contributed by atoms with E-state index in [2.05, 4.69) is 17.3 Å². The summed E-state index contributed by atoms with van der Waals surface area (Å²) in [5.41, 5.74) is 0. The van der Waals surface area contributed by atoms with Gasteiger partial charge in [-0.1, -0.05) is 0 Å². The number of nitrogens with zero attached hydrogens (tertiary/aromatic N) is 1. The first-order chi connectivity index (χ1) is 6.36. The quantitative estimate of drug-likeness (QED) is 0.602. The molecule has 13 heavy (non-hydrogen) atoms. The van der Waals surface area contributed by atoms with Gasteiger partial charge < -0.3 is 10.2 Å². The van der Waals surface area contributed by atoms with Crippen molar-refractivity contribution in [2.45, 2.75) is 50.6 Å². The molecule has 0 radical (unpaired) electrons. The van der Waals surface area contributed by atoms with Gasteiger partial charge in [-0.05, 0) is 58.7 Å². The minimum Gasteiger partial charge on any atom is -0.314 e. The molecule has 2 saturated carbocycles. The first-order valence-electron chi connectivity index (χ1n) is 5.80. The number of hydrogen-bond donors (Lipinski definition) is 1. The van der Waals surface area contributed by atoms with E-state index in [4.69, 9.17) is 0 Å². The second kappa shape index (κ2) is 4.43. The fourth-order valence-electron chi connectivity index (χ4n) is 1.78. The van der Waals surface area contributed by atoms with Crippen LogP contribution in [0.3, 0.4) is 0 Å². The van der Waals surface area contributed by atoms with Gasteiger partial charge in [0.15, 0.2) is 0 Å². The van der Waals surface area contributed by atoms with Crippen molar-refractivity contribution < 1.29 is 0 Å². The topological polar surface area (TPSA) is 15.3 Å². The van der Waals surface area contributed by atoms with Crippen LogP contribution in [0.2, 0.25) is 0 Å². The van der Waals surface area contributed by atoms with Gasteiger partial charge in [-0.2, -0.15) is 0 Å². The molecule has 0 saturated heterocycles. The van der Waals surface area contributed by atoms with Gasteiger partial charge in [0.25, 0.3) is 0 Å². The maximum atomic E-state index is 3.56. The van der Waals surface area contributed by atoms with Crippen LogP contribution in [0.5, 0.6) is 0 Å². The van der Waals surface area contributed by atoms with Gasteiger partial charge in [0, 0.05) is 12.1 Å². The third kappa shape index (κ3) is 3.65. The smallest absolute Gasteiger partial charge is 0.00933 e. The SMILES string of the molecule is CN(CCCCNC1CC1)C1CC1. The summed E-state index contributed by atoms with van der Waals surface area (Å²) in [6.45, 7) is 2.54. The second-order valence-electron chi connectivity index (χ2n) is 4.65. The minimum absolute atomic E-state index is 0.890. The van der Waals surface area contributed by atoms with E-state index in [1.165, 1.54) is 51.6 Å². The molecule has 76 valence electrons. The lowest BCUT2D eigenvalue weighted by atomic mass is 10.3. The molecule has 2 nitrogen and oxygen atoms in total. The van der Waals surface area contributed by atoms with Crippen LogP contribution in [0, 0.1) is 0 Å². The highest BCUT2D eigenvalue weighted by molar-refractivity contribution is 4.82. The van der Waals surface area contributed by atoms with Crippen LogP contribution in [0.1, 0.15) is 38.5 Å². The van der Waals surface area contributed by atoms with Crippen molar-refractivity contribution in [3.05, 3.63) is 0 Å². The lowest BCUT2D eigenvalue weighted by Gasteiger charge is -2.14. The molecule has 0 spiro atoms. The second-order valence-corrected chi connectivity index (χ2v) is 4.65. The highest BCUT2D eigenvalue weighted by atomic mass is 15.1. The van der Waals surface area contributed by atoms with Crippen LogP contribution >= 0.6 is 0 Å². The zero-order valence-corrected chi connectivity index (χ0v) is 8.76. The monoisotopic (exact) mass is 182 g/mol. The molecule has 0 heterocycles. The number of unbranched alkanes of at least 4 members (excludes halogenated alkanes) is 1. The van der Waals surface area contributed by atoms with Gasteiger partial charge >= 0.3 is 0 Å². The Hall–Kier alpha value is -0.0800. The zero-order chi connectivity index (χ0) is 9.10. The summed E-state index contributed by atoms with van der Waals surface area (Å²) in [6, 6.07) is 1.83. The van der Waals surface area contributed by atoms with E-state index < -0.39 is 0 Å². The van der Waals surface area contributed by atoms with Crippen molar-refractivity contribution in [2.24, 2.45) is 0 Å². The van der Waals surface area contributed by atoms with Crippen LogP contribution < -0.4 is 5.32 Å². The van der Waals surface area contributed by atoms with Gasteiger partial charge in [-0.25, -0.2) is 0 Å². The van der Waals surface area contributed by atoms with Gasteiger partial charge in [0.2, 0.25) is 0 Å². The molecule has 0 aliphatic heterocycles. The summed E-state index contributed by atoms with van der Waals surface area (Å²) in [5, 5.41) is 3.56. The summed E-state index contributed by atoms with van der Waals surface area (Å²) in [6.07, 6.45) is 8.44. The molecule has 2 aliphatic rings. The predicted molar refractivity (Wildman–Crippen MR) is 55.9 cm³/mol. The minimum atomic E-state index is 0.890. The molecule has 0 atom stereocenters. The first kappa shape index (κ1) is 9.47. The number of nitrogens with one attached hydrogen (secondary N) is 1. The molecule has 0 aromatic rings. The van der Waals surface area contributed by atoms with Crippen molar-refractivity contribution in [1.29, 1.82) is 0 Å². The average Bonchev–Trinajstić information content (AvgIpc) is 2.98. The maximum absolute atomic E-state index is 3.56. The molecule has 1 N–H and O–H groups in total. The summed E-state index contributed by atoms with van der Waals surface area (Å²) in [7, 11) is 2.27. The standard InChI is InChI=1S/C11H22N2/c1-13(11-6-7-11)9-3-2-8-12-10-4-5-10/h10-12H,2-9H2,1H3. The Morgan fingerprint density at radius 1 is 1.15 bits per heavy atom. The maximum Gasteiger partial charge on any atom is 0.00933 e. The molecular weight excluding hydrogens is 160 g/mol. The first-order valence-corrected chi connectivity index (χ1v) is 5.80. The van der Waals surface area contributed by atoms with Gasteiger partial charge in [0.05, 0.1) is 0 Å². The molecule has 2 aliphatic carbocycles. The Morgan fingerprint density at radius 3 is 2.54 bits per heavy atom. The zero-order valence-electron chi connectivity index (χ0n) is 8.76. The largest absolute Gasteiger partial charge is 0.314 e. The van der Waals surface area contributed by atoms with Crippen molar-refractivity contribution in [2.75, 3.05) is 20.1 Å². The van der Waals surface area contributed by atoms with E-state index in [1.54, 1.807) is 0 Å². The molecular formula is C11H22N2. The Kier molecular flexibility index (Phi) is 3.23. The summed E-state index contributed by atoms with van der Waals surface area (Å²) < 4.78 is 0. The molecule has 0 bridgehead atoms. The molecule has 0 amide bonds. The van der Waals surface area contributed by atoms with Crippen LogP contribution in [-0.4, -0.2) is 37.1 Å². The lowest BCUT2D eigenvalue weighted by molar-refractivity contribution is 0.315. The molecule has 0 unspecified atom stereocenters. The van der Waals surface area contributed by atoms with Crippen molar-refractivity contribution in [1.82, 2.24) is 10.2 Å². The summed E-state index contributed by atoms with van der Waals surface area (Å²) in [5.74, 6) is 0. The third-order valence-electron chi connectivity index (χ3n) is 3.12. The Bertz CT molecular complexity index is 150. The Labute approximate surface area is 81.7 Å². The summed E-state index contributed by atoms with van der Waals surface area (Å²) >= 11 is 0. The van der Waals surface area contributed by atoms with Crippen molar-refractivity contribution in [3.63, 3.8) is 0 Å². The molecule has 0 aromatic heterocycles. The van der Waals surface area contributed by atoms with E-state index in [9.17, 15) is 0 Å². The predicted octanol–water partition coefficient (Wildman–Crippen LogP) is 1.61. The summed E-state index contributed by atoms with van der Waals surface area (Å²) in [4.78, 5) is 2.52. The molecule has 0 aromatic carbocycles. The van der Waals surface area contributed by atoms with Gasteiger partial charge in [-0.15, -0.1) is 0 Å². The van der Waals surface area contributed by atoms with E-state index in [0.29, 0.717) is 0 Å². The van der Waals surface area contributed by atoms with Crippen LogP contribution in [0.4, 0.5) is 0 Å². The van der Waals surface area contributed by atoms with E-state index in [-0.39, 0.29) is 0 Å². The Balaban J connectivity index is 1.39. The van der Waals surface area contributed by atoms with Crippen LogP contribution in [0.25, 0.3) is 0 Å². The van der Waals surface area contributed by atoms with Gasteiger partial charge in [-0.3, -0.25) is 0 Å². The van der Waals surface area contributed by atoms with Crippen molar-refractivity contribution in [3.8, 4) is 0 Å². The molecule has 2 fully saturated rings. The highest BCUT2D eigenvalue weighted by Crippen LogP contribution is 2.25. The van der Waals surface area contributed by atoms with E-state index in [0.717, 1.165) is 12.1 Å².